The Morgan fingerprint density at radius 1 is 1.33 bits per heavy atom. The van der Waals surface area contributed by atoms with Crippen LogP contribution in [0.4, 0.5) is 0 Å². The number of hydrogen-bond donors (Lipinski definition) is 2. The Bertz CT molecular complexity index is 635. The van der Waals surface area contributed by atoms with E-state index in [0.717, 1.165) is 11.6 Å². The van der Waals surface area contributed by atoms with Crippen molar-refractivity contribution in [3.8, 4) is 0 Å². The van der Waals surface area contributed by atoms with Gasteiger partial charge in [-0.05, 0) is 17.7 Å². The second-order valence-corrected chi connectivity index (χ2v) is 4.12. The molecule has 0 saturated carbocycles. The zero-order valence-corrected chi connectivity index (χ0v) is 9.94. The number of nitrogens with one attached hydrogen (secondary N) is 1. The highest BCUT2D eigenvalue weighted by Gasteiger charge is 2.08. The van der Waals surface area contributed by atoms with Gasteiger partial charge in [-0.15, -0.1) is 0 Å². The number of carboxylic acid groups (broad SMARTS) is 1. The van der Waals surface area contributed by atoms with Gasteiger partial charge in [-0.25, -0.2) is 9.78 Å². The van der Waals surface area contributed by atoms with E-state index >= 15 is 0 Å². The third kappa shape index (κ3) is 2.95. The molecule has 0 bridgehead atoms. The molecule has 0 unspecified atom stereocenters. The van der Waals surface area contributed by atoms with Crippen molar-refractivity contribution >= 4 is 17.6 Å². The average Bonchev–Trinajstić information content (AvgIpc) is 2.31. The zero-order chi connectivity index (χ0) is 13.1. The minimum atomic E-state index is -1.22. The minimum Gasteiger partial charge on any atom is -0.477 e. The van der Waals surface area contributed by atoms with E-state index in [0.29, 0.717) is 17.3 Å². The fourth-order valence-electron chi connectivity index (χ4n) is 1.50. The predicted molar refractivity (Wildman–Crippen MR) is 66.1 cm³/mol. The quantitative estimate of drug-likeness (QED) is 0.884. The molecular weight excluding hydrogens is 256 g/mol. The Kier molecular flexibility index (Phi) is 3.43. The van der Waals surface area contributed by atoms with Crippen LogP contribution in [0.3, 0.4) is 0 Å². The Labute approximate surface area is 107 Å². The number of aromatic carboxylic acids is 1. The van der Waals surface area contributed by atoms with Gasteiger partial charge in [0.2, 0.25) is 0 Å². The highest BCUT2D eigenvalue weighted by Crippen LogP contribution is 2.11. The van der Waals surface area contributed by atoms with Crippen LogP contribution in [0.1, 0.15) is 21.9 Å². The van der Waals surface area contributed by atoms with E-state index in [1.165, 1.54) is 0 Å². The lowest BCUT2D eigenvalue weighted by Gasteiger charge is -2.02. The number of aromatic amines is 1. The predicted octanol–water partition coefficient (Wildman–Crippen LogP) is 1.71. The van der Waals surface area contributed by atoms with Crippen molar-refractivity contribution in [1.29, 1.82) is 0 Å². The van der Waals surface area contributed by atoms with E-state index in [-0.39, 0.29) is 5.69 Å². The van der Waals surface area contributed by atoms with Gasteiger partial charge in [0.25, 0.3) is 5.56 Å². The molecule has 92 valence electrons. The van der Waals surface area contributed by atoms with Gasteiger partial charge in [0.15, 0.2) is 5.69 Å². The Hall–Kier alpha value is -2.14. The normalized spacial score (nSPS) is 10.3. The number of carboxylic acids is 1. The number of H-pyrrole nitrogens is 1. The maximum absolute atomic E-state index is 11.3. The van der Waals surface area contributed by atoms with Crippen molar-refractivity contribution in [3.63, 3.8) is 0 Å². The van der Waals surface area contributed by atoms with E-state index in [1.54, 1.807) is 24.3 Å². The summed E-state index contributed by atoms with van der Waals surface area (Å²) in [6, 6.07) is 7.96. The third-order valence-corrected chi connectivity index (χ3v) is 2.55. The summed E-state index contributed by atoms with van der Waals surface area (Å²) in [6.45, 7) is 0. The van der Waals surface area contributed by atoms with Crippen LogP contribution in [0.5, 0.6) is 0 Å². The minimum absolute atomic E-state index is 0.261. The molecule has 1 aromatic heterocycles. The molecule has 0 spiro atoms. The molecule has 18 heavy (non-hydrogen) atoms. The molecule has 0 fully saturated rings. The lowest BCUT2D eigenvalue weighted by Crippen LogP contribution is -2.15. The molecule has 0 aliphatic heterocycles. The highest BCUT2D eigenvalue weighted by molar-refractivity contribution is 6.30. The molecule has 2 rings (SSSR count). The van der Waals surface area contributed by atoms with Gasteiger partial charge in [0, 0.05) is 17.5 Å². The zero-order valence-electron chi connectivity index (χ0n) is 9.18. The second-order valence-electron chi connectivity index (χ2n) is 3.69. The van der Waals surface area contributed by atoms with Crippen molar-refractivity contribution in [1.82, 2.24) is 9.97 Å². The summed E-state index contributed by atoms with van der Waals surface area (Å²) >= 11 is 5.76. The van der Waals surface area contributed by atoms with Gasteiger partial charge in [-0.1, -0.05) is 23.7 Å². The first-order valence-corrected chi connectivity index (χ1v) is 5.50. The van der Waals surface area contributed by atoms with Crippen LogP contribution < -0.4 is 5.56 Å². The molecule has 0 atom stereocenters. The number of nitrogens with zero attached hydrogens (tertiary/aromatic N) is 1. The molecule has 2 aromatic rings. The number of aromatic nitrogens is 2. The average molecular weight is 265 g/mol. The Balaban J connectivity index is 2.31. The maximum atomic E-state index is 11.3. The van der Waals surface area contributed by atoms with Crippen molar-refractivity contribution in [2.24, 2.45) is 0 Å². The maximum Gasteiger partial charge on any atom is 0.354 e. The van der Waals surface area contributed by atoms with E-state index in [2.05, 4.69) is 9.97 Å². The smallest absolute Gasteiger partial charge is 0.354 e. The first kappa shape index (κ1) is 12.3. The molecule has 1 aromatic carbocycles. The van der Waals surface area contributed by atoms with Gasteiger partial charge in [-0.2, -0.15) is 0 Å². The van der Waals surface area contributed by atoms with Crippen molar-refractivity contribution < 1.29 is 9.90 Å². The summed E-state index contributed by atoms with van der Waals surface area (Å²) in [6.07, 6.45) is 0.341. The fraction of sp³-hybridized carbons (Fsp3) is 0.0833. The molecular formula is C12H9ClN2O3. The summed E-state index contributed by atoms with van der Waals surface area (Å²) in [7, 11) is 0. The third-order valence-electron chi connectivity index (χ3n) is 2.29. The SMILES string of the molecule is O=C(O)c1cc(=O)[nH]c(Cc2ccc(Cl)cc2)n1. The van der Waals surface area contributed by atoms with E-state index in [9.17, 15) is 9.59 Å². The molecule has 2 N–H and O–H groups in total. The van der Waals surface area contributed by atoms with Crippen LogP contribution in [0.15, 0.2) is 35.1 Å². The van der Waals surface area contributed by atoms with Crippen LogP contribution in [0.25, 0.3) is 0 Å². The highest BCUT2D eigenvalue weighted by atomic mass is 35.5. The molecule has 6 heteroatoms. The first-order chi connectivity index (χ1) is 8.54. The standard InChI is InChI=1S/C12H9ClN2O3/c13-8-3-1-7(2-4-8)5-10-14-9(12(17)18)6-11(16)15-10/h1-4,6H,5H2,(H,17,18)(H,14,15,16). The molecule has 0 aliphatic carbocycles. The summed E-state index contributed by atoms with van der Waals surface area (Å²) in [4.78, 5) is 28.4. The molecule has 0 aliphatic rings. The number of benzene rings is 1. The van der Waals surface area contributed by atoms with E-state index < -0.39 is 11.5 Å². The lowest BCUT2D eigenvalue weighted by molar-refractivity contribution is 0.0689. The molecule has 0 saturated heterocycles. The van der Waals surface area contributed by atoms with Gasteiger partial charge >= 0.3 is 5.97 Å². The fourth-order valence-corrected chi connectivity index (χ4v) is 1.62. The number of hydrogen-bond acceptors (Lipinski definition) is 3. The van der Waals surface area contributed by atoms with Gasteiger partial charge < -0.3 is 10.1 Å². The van der Waals surface area contributed by atoms with Crippen LogP contribution in [0.2, 0.25) is 5.02 Å². The van der Waals surface area contributed by atoms with Crippen LogP contribution in [-0.2, 0) is 6.42 Å². The van der Waals surface area contributed by atoms with Crippen molar-refractivity contribution in [3.05, 3.63) is 62.8 Å². The summed E-state index contributed by atoms with van der Waals surface area (Å²) in [5.41, 5.74) is 0.138. The molecule has 0 amide bonds. The second kappa shape index (κ2) is 5.01. The van der Waals surface area contributed by atoms with Crippen LogP contribution >= 0.6 is 11.6 Å². The Morgan fingerprint density at radius 3 is 2.61 bits per heavy atom. The first-order valence-electron chi connectivity index (χ1n) is 5.12. The topological polar surface area (TPSA) is 83.0 Å². The molecule has 0 radical (unpaired) electrons. The number of halogens is 1. The van der Waals surface area contributed by atoms with Gasteiger partial charge in [-0.3, -0.25) is 4.79 Å². The van der Waals surface area contributed by atoms with E-state index in [4.69, 9.17) is 16.7 Å². The van der Waals surface area contributed by atoms with E-state index in [1.807, 2.05) is 0 Å². The number of carbonyl (C=O) groups is 1. The summed E-state index contributed by atoms with van der Waals surface area (Å²) in [5.74, 6) is -0.916. The number of rotatable bonds is 3. The van der Waals surface area contributed by atoms with Gasteiger partial charge in [0.05, 0.1) is 0 Å². The summed E-state index contributed by atoms with van der Waals surface area (Å²) < 4.78 is 0. The largest absolute Gasteiger partial charge is 0.477 e. The molecule has 5 nitrogen and oxygen atoms in total. The van der Waals surface area contributed by atoms with Gasteiger partial charge in [0.1, 0.15) is 5.82 Å². The van der Waals surface area contributed by atoms with Crippen LogP contribution in [0, 0.1) is 0 Å². The van der Waals surface area contributed by atoms with Crippen LogP contribution in [-0.4, -0.2) is 21.0 Å². The van der Waals surface area contributed by atoms with Crippen molar-refractivity contribution in [2.75, 3.05) is 0 Å². The Morgan fingerprint density at radius 2 is 2.00 bits per heavy atom. The molecule has 1 heterocycles. The lowest BCUT2D eigenvalue weighted by atomic mass is 10.1. The monoisotopic (exact) mass is 264 g/mol. The summed E-state index contributed by atoms with van der Waals surface area (Å²) in [5, 5.41) is 9.41. The van der Waals surface area contributed by atoms with Crippen molar-refractivity contribution in [2.45, 2.75) is 6.42 Å².